The standard InChI is InChI=1S/C49H95NO7/c1-6-8-10-12-14-16-18-20-22-23-24-26-28-30-32-34-36-38-40-48(52)57-45(43-55-42-41-46(49(53)54)50(3,4)5)44-56-47(51)39-37-35-33-31-29-27-25-21-19-17-15-13-11-9-7-2/h45-46H,6-44H2,1-5H3. The van der Waals surface area contributed by atoms with Crippen molar-refractivity contribution < 1.29 is 38.2 Å². The van der Waals surface area contributed by atoms with Gasteiger partial charge >= 0.3 is 11.9 Å². The van der Waals surface area contributed by atoms with Crippen LogP contribution < -0.4 is 5.11 Å². The first-order valence-electron chi connectivity index (χ1n) is 24.6. The number of unbranched alkanes of at least 4 members (excludes halogenated alkanes) is 31. The largest absolute Gasteiger partial charge is 0.544 e. The van der Waals surface area contributed by atoms with E-state index in [1.54, 1.807) is 0 Å². The van der Waals surface area contributed by atoms with Crippen molar-refractivity contribution >= 4 is 17.9 Å². The molecule has 0 heterocycles. The Kier molecular flexibility index (Phi) is 39.9. The summed E-state index contributed by atoms with van der Waals surface area (Å²) in [7, 11) is 5.43. The molecule has 2 atom stereocenters. The Labute approximate surface area is 353 Å². The summed E-state index contributed by atoms with van der Waals surface area (Å²) >= 11 is 0. The maximum absolute atomic E-state index is 12.8. The van der Waals surface area contributed by atoms with E-state index in [0.29, 0.717) is 12.8 Å². The number of hydrogen-bond acceptors (Lipinski definition) is 7. The molecule has 338 valence electrons. The van der Waals surface area contributed by atoms with Crippen LogP contribution in [0.4, 0.5) is 0 Å². The molecule has 0 aliphatic rings. The predicted molar refractivity (Wildman–Crippen MR) is 236 cm³/mol. The molecule has 0 fully saturated rings. The van der Waals surface area contributed by atoms with Gasteiger partial charge in [0.05, 0.1) is 40.3 Å². The summed E-state index contributed by atoms with van der Waals surface area (Å²) in [4.78, 5) is 36.9. The maximum Gasteiger partial charge on any atom is 0.306 e. The lowest BCUT2D eigenvalue weighted by Gasteiger charge is -2.34. The smallest absolute Gasteiger partial charge is 0.306 e. The first-order valence-corrected chi connectivity index (χ1v) is 24.6. The molecule has 2 unspecified atom stereocenters. The highest BCUT2D eigenvalue weighted by atomic mass is 16.6. The van der Waals surface area contributed by atoms with Crippen LogP contribution in [0.5, 0.6) is 0 Å². The summed E-state index contributed by atoms with van der Waals surface area (Å²) in [6.45, 7) is 4.71. The summed E-state index contributed by atoms with van der Waals surface area (Å²) in [5.41, 5.74) is 0. The Morgan fingerprint density at radius 2 is 0.772 bits per heavy atom. The molecule has 8 heteroatoms. The van der Waals surface area contributed by atoms with Gasteiger partial charge in [-0.1, -0.05) is 213 Å². The summed E-state index contributed by atoms with van der Waals surface area (Å²) in [5, 5.41) is 11.6. The zero-order chi connectivity index (χ0) is 42.1. The van der Waals surface area contributed by atoms with Gasteiger partial charge in [0.15, 0.2) is 6.10 Å². The number of hydrogen-bond donors (Lipinski definition) is 0. The number of carbonyl (C=O) groups excluding carboxylic acids is 3. The molecule has 0 rings (SSSR count). The Morgan fingerprint density at radius 1 is 0.456 bits per heavy atom. The van der Waals surface area contributed by atoms with Gasteiger partial charge in [0.2, 0.25) is 0 Å². The van der Waals surface area contributed by atoms with Crippen LogP contribution in [-0.2, 0) is 28.6 Å². The number of esters is 2. The van der Waals surface area contributed by atoms with E-state index in [4.69, 9.17) is 14.2 Å². The fourth-order valence-corrected chi connectivity index (χ4v) is 7.66. The van der Waals surface area contributed by atoms with Crippen LogP contribution in [0.15, 0.2) is 0 Å². The number of ether oxygens (including phenoxy) is 3. The van der Waals surface area contributed by atoms with Crippen LogP contribution in [0.3, 0.4) is 0 Å². The summed E-state index contributed by atoms with van der Waals surface area (Å²) in [6, 6.07) is -0.719. The van der Waals surface area contributed by atoms with Gasteiger partial charge in [-0.2, -0.15) is 0 Å². The van der Waals surface area contributed by atoms with Crippen molar-refractivity contribution in [2.45, 2.75) is 257 Å². The summed E-state index contributed by atoms with van der Waals surface area (Å²) in [5.74, 6) is -1.71. The van der Waals surface area contributed by atoms with Crippen molar-refractivity contribution in [1.82, 2.24) is 0 Å². The summed E-state index contributed by atoms with van der Waals surface area (Å²) < 4.78 is 17.2. The highest BCUT2D eigenvalue weighted by Gasteiger charge is 2.25. The Hall–Kier alpha value is -1.67. The monoisotopic (exact) mass is 810 g/mol. The normalized spacial score (nSPS) is 12.8. The van der Waals surface area contributed by atoms with E-state index in [2.05, 4.69) is 13.8 Å². The van der Waals surface area contributed by atoms with Gasteiger partial charge in [0, 0.05) is 19.3 Å². The number of carboxylic acids is 1. The van der Waals surface area contributed by atoms with Crippen LogP contribution >= 0.6 is 0 Å². The number of likely N-dealkylation sites (N-methyl/N-ethyl adjacent to an activating group) is 1. The third-order valence-corrected chi connectivity index (χ3v) is 11.5. The third kappa shape index (κ3) is 39.6. The zero-order valence-electron chi connectivity index (χ0n) is 38.5. The van der Waals surface area contributed by atoms with Gasteiger partial charge in [-0.05, 0) is 12.8 Å². The summed E-state index contributed by atoms with van der Waals surface area (Å²) in [6.07, 6.45) is 42.6. The first-order chi connectivity index (χ1) is 27.6. The van der Waals surface area contributed by atoms with Crippen LogP contribution in [-0.4, -0.2) is 75.5 Å². The predicted octanol–water partition coefficient (Wildman–Crippen LogP) is 12.4. The van der Waals surface area contributed by atoms with E-state index in [0.717, 1.165) is 38.5 Å². The van der Waals surface area contributed by atoms with Gasteiger partial charge in [0.25, 0.3) is 0 Å². The van der Waals surface area contributed by atoms with E-state index < -0.39 is 18.1 Å². The van der Waals surface area contributed by atoms with Gasteiger partial charge in [-0.3, -0.25) is 9.59 Å². The van der Waals surface area contributed by atoms with E-state index in [-0.39, 0.29) is 42.7 Å². The van der Waals surface area contributed by atoms with E-state index in [9.17, 15) is 19.5 Å². The minimum absolute atomic E-state index is 0.0496. The molecule has 0 aromatic rings. The zero-order valence-corrected chi connectivity index (χ0v) is 38.5. The lowest BCUT2D eigenvalue weighted by Crippen LogP contribution is -2.55. The van der Waals surface area contributed by atoms with Crippen molar-refractivity contribution in [3.8, 4) is 0 Å². The molecule has 0 radical (unpaired) electrons. The van der Waals surface area contributed by atoms with Gasteiger partial charge in [-0.25, -0.2) is 0 Å². The van der Waals surface area contributed by atoms with Crippen molar-refractivity contribution in [3.63, 3.8) is 0 Å². The van der Waals surface area contributed by atoms with Crippen LogP contribution in [0.1, 0.15) is 245 Å². The minimum Gasteiger partial charge on any atom is -0.544 e. The van der Waals surface area contributed by atoms with Gasteiger partial charge < -0.3 is 28.6 Å². The number of nitrogens with zero attached hydrogens (tertiary/aromatic N) is 1. The van der Waals surface area contributed by atoms with Crippen molar-refractivity contribution in [2.75, 3.05) is 41.0 Å². The van der Waals surface area contributed by atoms with E-state index in [1.807, 2.05) is 21.1 Å². The molecule has 0 aromatic heterocycles. The average Bonchev–Trinajstić information content (AvgIpc) is 3.17. The minimum atomic E-state index is -1.12. The highest BCUT2D eigenvalue weighted by molar-refractivity contribution is 5.70. The molecule has 0 bridgehead atoms. The van der Waals surface area contributed by atoms with E-state index in [1.165, 1.54) is 173 Å². The lowest BCUT2D eigenvalue weighted by atomic mass is 10.0. The molecule has 0 aliphatic carbocycles. The Balaban J connectivity index is 4.22. The van der Waals surface area contributed by atoms with Crippen molar-refractivity contribution in [3.05, 3.63) is 0 Å². The number of aliphatic carboxylic acids is 1. The third-order valence-electron chi connectivity index (χ3n) is 11.5. The Bertz CT molecular complexity index is 905. The Morgan fingerprint density at radius 3 is 1.09 bits per heavy atom. The second kappa shape index (κ2) is 41.1. The highest BCUT2D eigenvalue weighted by Crippen LogP contribution is 2.17. The molecule has 0 spiro atoms. The second-order valence-corrected chi connectivity index (χ2v) is 18.1. The topological polar surface area (TPSA) is 102 Å². The molecule has 0 aliphatic heterocycles. The van der Waals surface area contributed by atoms with E-state index >= 15 is 0 Å². The average molecular weight is 810 g/mol. The number of rotatable bonds is 45. The van der Waals surface area contributed by atoms with Crippen molar-refractivity contribution in [1.29, 1.82) is 0 Å². The maximum atomic E-state index is 12.8. The van der Waals surface area contributed by atoms with Gasteiger partial charge in [0.1, 0.15) is 12.6 Å². The molecule has 57 heavy (non-hydrogen) atoms. The van der Waals surface area contributed by atoms with Crippen LogP contribution in [0, 0.1) is 0 Å². The number of carbonyl (C=O) groups is 3. The number of quaternary nitrogens is 1. The number of carboxylic acid groups (broad SMARTS) is 1. The van der Waals surface area contributed by atoms with Crippen molar-refractivity contribution in [2.24, 2.45) is 0 Å². The van der Waals surface area contributed by atoms with Crippen LogP contribution in [0.2, 0.25) is 0 Å². The molecule has 0 aromatic carbocycles. The molecule has 0 N–H and O–H groups in total. The molecule has 0 saturated heterocycles. The quantitative estimate of drug-likeness (QED) is 0.0343. The molecular weight excluding hydrogens is 715 g/mol. The fraction of sp³-hybridized carbons (Fsp3) is 0.939. The molecule has 8 nitrogen and oxygen atoms in total. The lowest BCUT2D eigenvalue weighted by molar-refractivity contribution is -0.889. The molecule has 0 amide bonds. The fourth-order valence-electron chi connectivity index (χ4n) is 7.66. The molecular formula is C49H95NO7. The van der Waals surface area contributed by atoms with Crippen LogP contribution in [0.25, 0.3) is 0 Å². The SMILES string of the molecule is CCCCCCCCCCCCCCCCCCCCC(=O)OC(COCCC(C(=O)[O-])[N+](C)(C)C)COC(=O)CCCCCCCCCCCCCCCCC. The van der Waals surface area contributed by atoms with Gasteiger partial charge in [-0.15, -0.1) is 0 Å². The molecule has 0 saturated carbocycles. The first kappa shape index (κ1) is 55.3. The second-order valence-electron chi connectivity index (χ2n) is 18.1.